The molecule has 1 heterocycles. The molecular weight excluding hydrogens is 291 g/mol. The van der Waals surface area contributed by atoms with Gasteiger partial charge in [0.15, 0.2) is 0 Å². The van der Waals surface area contributed by atoms with E-state index >= 15 is 0 Å². The zero-order valence-corrected chi connectivity index (χ0v) is 12.8. The number of rotatable bonds is 4. The van der Waals surface area contributed by atoms with Gasteiger partial charge in [-0.15, -0.1) is 0 Å². The quantitative estimate of drug-likeness (QED) is 0.861. The maximum atomic E-state index is 13.6. The molecule has 1 amide bonds. The number of nitrogens with zero attached hydrogens (tertiary/aromatic N) is 1. The summed E-state index contributed by atoms with van der Waals surface area (Å²) in [4.78, 5) is 16.2. The molecule has 1 aliphatic heterocycles. The van der Waals surface area contributed by atoms with Crippen LogP contribution < -0.4 is 5.32 Å². The fourth-order valence-corrected chi connectivity index (χ4v) is 2.51. The SMILES string of the molecule is Cc1cccc(CCC2=N/C(=C\c3ccccc3F)C(=O)N2)c1. The number of hydrogen-bond donors (Lipinski definition) is 1. The van der Waals surface area contributed by atoms with Gasteiger partial charge in [0.2, 0.25) is 0 Å². The number of amidine groups is 1. The number of aryl methyl sites for hydroxylation is 2. The monoisotopic (exact) mass is 308 g/mol. The van der Waals surface area contributed by atoms with Crippen molar-refractivity contribution in [2.75, 3.05) is 0 Å². The Morgan fingerprint density at radius 3 is 2.74 bits per heavy atom. The summed E-state index contributed by atoms with van der Waals surface area (Å²) in [6.07, 6.45) is 2.92. The smallest absolute Gasteiger partial charge is 0.275 e. The standard InChI is InChI=1S/C19H17FN2O/c1-13-5-4-6-14(11-13)9-10-18-21-17(19(23)22-18)12-15-7-2-3-8-16(15)20/h2-8,11-12H,9-10H2,1H3,(H,21,22,23)/b17-12-. The van der Waals surface area contributed by atoms with E-state index in [0.29, 0.717) is 17.8 Å². The van der Waals surface area contributed by atoms with Crippen LogP contribution in [0.15, 0.2) is 59.2 Å². The molecule has 0 radical (unpaired) electrons. The molecule has 1 aliphatic rings. The highest BCUT2D eigenvalue weighted by molar-refractivity contribution is 6.14. The highest BCUT2D eigenvalue weighted by Gasteiger charge is 2.20. The molecule has 0 unspecified atom stereocenters. The average molecular weight is 308 g/mol. The van der Waals surface area contributed by atoms with E-state index in [4.69, 9.17) is 0 Å². The minimum atomic E-state index is -0.365. The summed E-state index contributed by atoms with van der Waals surface area (Å²) < 4.78 is 13.6. The number of carbonyl (C=O) groups excluding carboxylic acids is 1. The van der Waals surface area contributed by atoms with Gasteiger partial charge in [0.25, 0.3) is 5.91 Å². The Labute approximate surface area is 134 Å². The normalized spacial score (nSPS) is 15.7. The molecule has 1 N–H and O–H groups in total. The number of carbonyl (C=O) groups is 1. The first-order valence-electron chi connectivity index (χ1n) is 7.52. The Hall–Kier alpha value is -2.75. The molecule has 0 spiro atoms. The van der Waals surface area contributed by atoms with Crippen molar-refractivity contribution in [3.05, 3.63) is 76.7 Å². The van der Waals surface area contributed by atoms with E-state index in [1.165, 1.54) is 23.3 Å². The third-order valence-corrected chi connectivity index (χ3v) is 3.68. The van der Waals surface area contributed by atoms with Gasteiger partial charge in [-0.05, 0) is 31.1 Å². The van der Waals surface area contributed by atoms with Crippen LogP contribution in [-0.2, 0) is 11.2 Å². The molecule has 0 aromatic heterocycles. The summed E-state index contributed by atoms with van der Waals surface area (Å²) in [5.74, 6) is -0.0252. The number of amides is 1. The molecule has 0 saturated heterocycles. The van der Waals surface area contributed by atoms with Gasteiger partial charge >= 0.3 is 0 Å². The number of nitrogens with one attached hydrogen (secondary N) is 1. The van der Waals surface area contributed by atoms with Crippen molar-refractivity contribution in [2.45, 2.75) is 19.8 Å². The first-order valence-corrected chi connectivity index (χ1v) is 7.52. The van der Waals surface area contributed by atoms with Crippen LogP contribution in [-0.4, -0.2) is 11.7 Å². The second-order valence-corrected chi connectivity index (χ2v) is 5.55. The van der Waals surface area contributed by atoms with E-state index in [1.807, 2.05) is 19.1 Å². The van der Waals surface area contributed by atoms with Crippen LogP contribution in [0.5, 0.6) is 0 Å². The van der Waals surface area contributed by atoms with E-state index in [-0.39, 0.29) is 17.4 Å². The predicted octanol–water partition coefficient (Wildman–Crippen LogP) is 3.64. The van der Waals surface area contributed by atoms with Crippen molar-refractivity contribution < 1.29 is 9.18 Å². The van der Waals surface area contributed by atoms with Crippen LogP contribution in [0, 0.1) is 12.7 Å². The van der Waals surface area contributed by atoms with Crippen molar-refractivity contribution >= 4 is 17.8 Å². The molecule has 2 aromatic rings. The van der Waals surface area contributed by atoms with Crippen molar-refractivity contribution in [1.29, 1.82) is 0 Å². The summed E-state index contributed by atoms with van der Waals surface area (Å²) in [6.45, 7) is 2.05. The Bertz CT molecular complexity index is 809. The van der Waals surface area contributed by atoms with Gasteiger partial charge in [-0.1, -0.05) is 48.0 Å². The number of aliphatic imine (C=N–C) groups is 1. The lowest BCUT2D eigenvalue weighted by Crippen LogP contribution is -2.24. The minimum Gasteiger partial charge on any atom is -0.309 e. The molecule has 2 aromatic carbocycles. The van der Waals surface area contributed by atoms with Gasteiger partial charge in [-0.3, -0.25) is 4.79 Å². The van der Waals surface area contributed by atoms with Crippen LogP contribution in [0.1, 0.15) is 23.1 Å². The number of hydrogen-bond acceptors (Lipinski definition) is 2. The lowest BCUT2D eigenvalue weighted by atomic mass is 10.1. The first kappa shape index (κ1) is 15.2. The van der Waals surface area contributed by atoms with Crippen molar-refractivity contribution in [1.82, 2.24) is 5.32 Å². The summed E-state index contributed by atoms with van der Waals surface area (Å²) >= 11 is 0. The van der Waals surface area contributed by atoms with E-state index in [2.05, 4.69) is 22.4 Å². The van der Waals surface area contributed by atoms with E-state index in [0.717, 1.165) is 6.42 Å². The van der Waals surface area contributed by atoms with Crippen LogP contribution >= 0.6 is 0 Å². The second-order valence-electron chi connectivity index (χ2n) is 5.55. The Morgan fingerprint density at radius 2 is 1.96 bits per heavy atom. The van der Waals surface area contributed by atoms with Gasteiger partial charge < -0.3 is 5.32 Å². The molecule has 0 saturated carbocycles. The van der Waals surface area contributed by atoms with E-state index in [9.17, 15) is 9.18 Å². The van der Waals surface area contributed by atoms with Gasteiger partial charge in [-0.2, -0.15) is 0 Å². The fourth-order valence-electron chi connectivity index (χ4n) is 2.51. The fraction of sp³-hybridized carbons (Fsp3) is 0.158. The van der Waals surface area contributed by atoms with Crippen molar-refractivity contribution in [2.24, 2.45) is 4.99 Å². The maximum absolute atomic E-state index is 13.6. The average Bonchev–Trinajstić information content (AvgIpc) is 2.88. The number of halogens is 1. The Kier molecular flexibility index (Phi) is 4.33. The first-order chi connectivity index (χ1) is 11.1. The van der Waals surface area contributed by atoms with E-state index < -0.39 is 0 Å². The largest absolute Gasteiger partial charge is 0.309 e. The van der Waals surface area contributed by atoms with Crippen LogP contribution in [0.3, 0.4) is 0 Å². The zero-order valence-electron chi connectivity index (χ0n) is 12.8. The maximum Gasteiger partial charge on any atom is 0.275 e. The third-order valence-electron chi connectivity index (χ3n) is 3.68. The molecule has 23 heavy (non-hydrogen) atoms. The molecule has 0 atom stereocenters. The van der Waals surface area contributed by atoms with Crippen LogP contribution in [0.25, 0.3) is 6.08 Å². The van der Waals surface area contributed by atoms with Crippen molar-refractivity contribution in [3.8, 4) is 0 Å². The highest BCUT2D eigenvalue weighted by atomic mass is 19.1. The topological polar surface area (TPSA) is 41.5 Å². The lowest BCUT2D eigenvalue weighted by molar-refractivity contribution is -0.115. The zero-order chi connectivity index (χ0) is 16.2. The number of benzene rings is 2. The minimum absolute atomic E-state index is 0.245. The third kappa shape index (κ3) is 3.72. The van der Waals surface area contributed by atoms with Gasteiger partial charge in [0.1, 0.15) is 17.3 Å². The Balaban J connectivity index is 1.73. The molecule has 0 fully saturated rings. The summed E-state index contributed by atoms with van der Waals surface area (Å²) in [5.41, 5.74) is 3.02. The van der Waals surface area contributed by atoms with Crippen LogP contribution in [0.2, 0.25) is 0 Å². The van der Waals surface area contributed by atoms with Crippen molar-refractivity contribution in [3.63, 3.8) is 0 Å². The molecule has 0 bridgehead atoms. The summed E-state index contributed by atoms with van der Waals surface area (Å²) in [7, 11) is 0. The molecule has 3 rings (SSSR count). The van der Waals surface area contributed by atoms with Crippen LogP contribution in [0.4, 0.5) is 4.39 Å². The summed E-state index contributed by atoms with van der Waals surface area (Å²) in [5, 5.41) is 2.75. The predicted molar refractivity (Wildman–Crippen MR) is 89.5 cm³/mol. The second kappa shape index (κ2) is 6.57. The van der Waals surface area contributed by atoms with Gasteiger partial charge in [0, 0.05) is 12.0 Å². The highest BCUT2D eigenvalue weighted by Crippen LogP contribution is 2.16. The van der Waals surface area contributed by atoms with E-state index in [1.54, 1.807) is 18.2 Å². The molecular formula is C19H17FN2O. The Morgan fingerprint density at radius 1 is 1.13 bits per heavy atom. The lowest BCUT2D eigenvalue weighted by Gasteiger charge is -2.02. The van der Waals surface area contributed by atoms with Gasteiger partial charge in [0.05, 0.1) is 0 Å². The molecule has 0 aliphatic carbocycles. The summed E-state index contributed by atoms with van der Waals surface area (Å²) in [6, 6.07) is 14.6. The molecule has 116 valence electrons. The molecule has 4 heteroatoms. The molecule has 3 nitrogen and oxygen atoms in total. The van der Waals surface area contributed by atoms with Gasteiger partial charge in [-0.25, -0.2) is 9.38 Å².